The zero-order valence-electron chi connectivity index (χ0n) is 16.9. The van der Waals surface area contributed by atoms with Gasteiger partial charge in [0.25, 0.3) is 5.91 Å². The molecule has 10 heteroatoms. The Labute approximate surface area is 172 Å². The van der Waals surface area contributed by atoms with Crippen LogP contribution in [-0.2, 0) is 0 Å². The first kappa shape index (κ1) is 21.7. The highest BCUT2D eigenvalue weighted by Gasteiger charge is 2.23. The molecule has 1 amide bonds. The van der Waals surface area contributed by atoms with Crippen molar-refractivity contribution in [2.75, 3.05) is 43.5 Å². The lowest BCUT2D eigenvalue weighted by Crippen LogP contribution is -2.31. The Bertz CT molecular complexity index is 920. The van der Waals surface area contributed by atoms with Crippen LogP contribution >= 0.6 is 0 Å². The molecule has 1 aliphatic rings. The molecule has 0 radical (unpaired) electrons. The van der Waals surface area contributed by atoms with Gasteiger partial charge in [0.2, 0.25) is 11.8 Å². The van der Waals surface area contributed by atoms with E-state index in [4.69, 9.17) is 0 Å². The van der Waals surface area contributed by atoms with Crippen molar-refractivity contribution in [3.63, 3.8) is 0 Å². The van der Waals surface area contributed by atoms with Crippen LogP contribution in [0, 0.1) is 24.4 Å². The number of ether oxygens (including phenoxy) is 1. The molecule has 0 unspecified atom stereocenters. The SMILES string of the molecule is COc1c(F)c(F)cc(C(=O)NCCNc2nc(C)cc(N3CCCCC3)n2)c1F. The smallest absolute Gasteiger partial charge is 0.254 e. The zero-order chi connectivity index (χ0) is 21.7. The molecule has 1 aliphatic heterocycles. The van der Waals surface area contributed by atoms with E-state index < -0.39 is 34.7 Å². The molecule has 0 bridgehead atoms. The number of halogens is 3. The van der Waals surface area contributed by atoms with E-state index in [1.807, 2.05) is 13.0 Å². The first-order valence-corrected chi connectivity index (χ1v) is 9.75. The molecule has 1 aromatic heterocycles. The van der Waals surface area contributed by atoms with E-state index in [2.05, 4.69) is 30.2 Å². The van der Waals surface area contributed by atoms with Crippen molar-refractivity contribution in [1.29, 1.82) is 0 Å². The van der Waals surface area contributed by atoms with Gasteiger partial charge in [0, 0.05) is 37.9 Å². The average Bonchev–Trinajstić information content (AvgIpc) is 2.74. The molecule has 2 heterocycles. The lowest BCUT2D eigenvalue weighted by Gasteiger charge is -2.28. The third-order valence-corrected chi connectivity index (χ3v) is 4.78. The number of hydrogen-bond donors (Lipinski definition) is 2. The van der Waals surface area contributed by atoms with Crippen LogP contribution in [0.3, 0.4) is 0 Å². The summed E-state index contributed by atoms with van der Waals surface area (Å²) in [5.74, 6) is -4.64. The largest absolute Gasteiger partial charge is 0.491 e. The summed E-state index contributed by atoms with van der Waals surface area (Å²) >= 11 is 0. The number of nitrogens with one attached hydrogen (secondary N) is 2. The summed E-state index contributed by atoms with van der Waals surface area (Å²) < 4.78 is 45.7. The van der Waals surface area contributed by atoms with Gasteiger partial charge < -0.3 is 20.3 Å². The predicted molar refractivity (Wildman–Crippen MR) is 107 cm³/mol. The monoisotopic (exact) mass is 423 g/mol. The molecule has 162 valence electrons. The fourth-order valence-corrected chi connectivity index (χ4v) is 3.29. The zero-order valence-corrected chi connectivity index (χ0v) is 16.9. The quantitative estimate of drug-likeness (QED) is 0.527. The summed E-state index contributed by atoms with van der Waals surface area (Å²) in [5, 5.41) is 5.46. The molecule has 1 aromatic carbocycles. The summed E-state index contributed by atoms with van der Waals surface area (Å²) in [6, 6.07) is 2.43. The molecule has 3 rings (SSSR count). The Morgan fingerprint density at radius 2 is 1.83 bits per heavy atom. The number of aromatic nitrogens is 2. The number of nitrogens with zero attached hydrogens (tertiary/aromatic N) is 3. The van der Waals surface area contributed by atoms with Crippen molar-refractivity contribution in [2.45, 2.75) is 26.2 Å². The molecule has 1 fully saturated rings. The van der Waals surface area contributed by atoms with E-state index in [0.717, 1.165) is 44.6 Å². The highest BCUT2D eigenvalue weighted by Crippen LogP contribution is 2.27. The second-order valence-electron chi connectivity index (χ2n) is 6.99. The summed E-state index contributed by atoms with van der Waals surface area (Å²) in [6.45, 7) is 4.14. The van der Waals surface area contributed by atoms with Gasteiger partial charge in [-0.1, -0.05) is 0 Å². The van der Waals surface area contributed by atoms with Gasteiger partial charge >= 0.3 is 0 Å². The molecule has 0 spiro atoms. The van der Waals surface area contributed by atoms with Crippen molar-refractivity contribution in [3.05, 3.63) is 40.8 Å². The first-order valence-electron chi connectivity index (χ1n) is 9.75. The topological polar surface area (TPSA) is 79.4 Å². The number of piperidine rings is 1. The molecule has 0 saturated carbocycles. The van der Waals surface area contributed by atoms with E-state index in [1.165, 1.54) is 6.42 Å². The van der Waals surface area contributed by atoms with Crippen LogP contribution in [0.4, 0.5) is 24.9 Å². The number of amides is 1. The number of benzene rings is 1. The maximum atomic E-state index is 14.2. The van der Waals surface area contributed by atoms with Crippen molar-refractivity contribution < 1.29 is 22.7 Å². The number of carbonyl (C=O) groups is 1. The van der Waals surface area contributed by atoms with Crippen molar-refractivity contribution >= 4 is 17.7 Å². The maximum Gasteiger partial charge on any atom is 0.254 e. The van der Waals surface area contributed by atoms with Gasteiger partial charge in [-0.2, -0.15) is 9.37 Å². The second-order valence-corrected chi connectivity index (χ2v) is 6.99. The Balaban J connectivity index is 1.58. The third kappa shape index (κ3) is 4.92. The van der Waals surface area contributed by atoms with Gasteiger partial charge in [-0.3, -0.25) is 4.79 Å². The predicted octanol–water partition coefficient (Wildman–Crippen LogP) is 3.04. The minimum absolute atomic E-state index is 0.0932. The van der Waals surface area contributed by atoms with Crippen LogP contribution in [0.25, 0.3) is 0 Å². The van der Waals surface area contributed by atoms with Crippen molar-refractivity contribution in [1.82, 2.24) is 15.3 Å². The Morgan fingerprint density at radius 3 is 2.53 bits per heavy atom. The fourth-order valence-electron chi connectivity index (χ4n) is 3.29. The third-order valence-electron chi connectivity index (χ3n) is 4.78. The standard InChI is InChI=1S/C20H24F3N5O2/c1-12-10-15(28-8-4-3-5-9-28)27-20(26-12)25-7-6-24-19(29)13-11-14(21)17(23)18(30-2)16(13)22/h10-11H,3-9H2,1-2H3,(H,24,29)(H,25,26,27). The van der Waals surface area contributed by atoms with Gasteiger partial charge in [0.05, 0.1) is 12.7 Å². The molecule has 1 saturated heterocycles. The highest BCUT2D eigenvalue weighted by molar-refractivity contribution is 5.95. The maximum absolute atomic E-state index is 14.2. The van der Waals surface area contributed by atoms with Crippen LogP contribution in [0.15, 0.2) is 12.1 Å². The second kappa shape index (κ2) is 9.64. The minimum Gasteiger partial charge on any atom is -0.491 e. The molecular weight excluding hydrogens is 399 g/mol. The number of methoxy groups -OCH3 is 1. The molecule has 0 aliphatic carbocycles. The molecule has 0 atom stereocenters. The number of aryl methyl sites for hydroxylation is 1. The van der Waals surface area contributed by atoms with Crippen LogP contribution in [0.1, 0.15) is 35.3 Å². The summed E-state index contributed by atoms with van der Waals surface area (Å²) in [5.41, 5.74) is 0.179. The Kier molecular flexibility index (Phi) is 6.96. The number of rotatable bonds is 7. The van der Waals surface area contributed by atoms with Gasteiger partial charge in [0.1, 0.15) is 5.82 Å². The fraction of sp³-hybridized carbons (Fsp3) is 0.450. The van der Waals surface area contributed by atoms with Crippen LogP contribution in [0.2, 0.25) is 0 Å². The van der Waals surface area contributed by atoms with E-state index in [9.17, 15) is 18.0 Å². The van der Waals surface area contributed by atoms with Crippen LogP contribution in [-0.4, -0.2) is 49.2 Å². The molecule has 30 heavy (non-hydrogen) atoms. The van der Waals surface area contributed by atoms with Crippen molar-refractivity contribution in [3.8, 4) is 5.75 Å². The normalized spacial score (nSPS) is 13.8. The first-order chi connectivity index (χ1) is 14.4. The lowest BCUT2D eigenvalue weighted by atomic mass is 10.1. The highest BCUT2D eigenvalue weighted by atomic mass is 19.2. The van der Waals surface area contributed by atoms with Gasteiger partial charge in [-0.05, 0) is 32.3 Å². The van der Waals surface area contributed by atoms with Gasteiger partial charge in [-0.25, -0.2) is 13.8 Å². The summed E-state index contributed by atoms with van der Waals surface area (Å²) in [4.78, 5) is 23.2. The number of hydrogen-bond acceptors (Lipinski definition) is 6. The minimum atomic E-state index is -1.48. The number of anilines is 2. The Morgan fingerprint density at radius 1 is 1.10 bits per heavy atom. The summed E-state index contributed by atoms with van der Waals surface area (Å²) in [6.07, 6.45) is 3.47. The van der Waals surface area contributed by atoms with Gasteiger partial charge in [-0.15, -0.1) is 0 Å². The van der Waals surface area contributed by atoms with E-state index in [-0.39, 0.29) is 13.1 Å². The van der Waals surface area contributed by atoms with Gasteiger partial charge in [0.15, 0.2) is 17.4 Å². The van der Waals surface area contributed by atoms with Crippen LogP contribution < -0.4 is 20.3 Å². The Hall–Kier alpha value is -3.04. The van der Waals surface area contributed by atoms with E-state index in [1.54, 1.807) is 0 Å². The lowest BCUT2D eigenvalue weighted by molar-refractivity contribution is 0.0949. The number of carbonyl (C=O) groups excluding carboxylic acids is 1. The summed E-state index contributed by atoms with van der Waals surface area (Å²) in [7, 11) is 0.993. The van der Waals surface area contributed by atoms with E-state index in [0.29, 0.717) is 12.0 Å². The molecule has 2 N–H and O–H groups in total. The molecule has 7 nitrogen and oxygen atoms in total. The molecular formula is C20H24F3N5O2. The van der Waals surface area contributed by atoms with Crippen molar-refractivity contribution in [2.24, 2.45) is 0 Å². The molecule has 2 aromatic rings. The average molecular weight is 423 g/mol. The van der Waals surface area contributed by atoms with Crippen LogP contribution in [0.5, 0.6) is 5.75 Å². The van der Waals surface area contributed by atoms with E-state index >= 15 is 0 Å².